The van der Waals surface area contributed by atoms with E-state index in [4.69, 9.17) is 22.3 Å². The van der Waals surface area contributed by atoms with Gasteiger partial charge in [0.05, 0.1) is 19.0 Å². The Morgan fingerprint density at radius 2 is 1.29 bits per heavy atom. The molecule has 0 bridgehead atoms. The Morgan fingerprint density at radius 1 is 0.765 bits per heavy atom. The molecule has 0 aromatic carbocycles. The van der Waals surface area contributed by atoms with E-state index >= 15 is 0 Å². The second-order valence-electron chi connectivity index (χ2n) is 6.95. The summed E-state index contributed by atoms with van der Waals surface area (Å²) in [6.45, 7) is -0.603. The van der Waals surface area contributed by atoms with Crippen LogP contribution in [0.15, 0.2) is 0 Å². The smallest absolute Gasteiger partial charge is 0.326 e. The van der Waals surface area contributed by atoms with Crippen molar-refractivity contribution in [2.75, 3.05) is 18.1 Å². The first-order valence-electron chi connectivity index (χ1n) is 9.76. The van der Waals surface area contributed by atoms with Gasteiger partial charge in [-0.2, -0.15) is 25.3 Å². The van der Waals surface area contributed by atoms with Crippen LogP contribution in [0, 0.1) is 0 Å². The zero-order valence-electron chi connectivity index (χ0n) is 18.0. The van der Waals surface area contributed by atoms with Crippen LogP contribution in [0.1, 0.15) is 19.3 Å². The Morgan fingerprint density at radius 3 is 1.76 bits per heavy atom. The van der Waals surface area contributed by atoms with Crippen molar-refractivity contribution in [2.24, 2.45) is 17.2 Å². The van der Waals surface area contributed by atoms with E-state index in [1.807, 2.05) is 0 Å². The van der Waals surface area contributed by atoms with E-state index in [9.17, 15) is 33.6 Å². The normalized spacial score (nSPS) is 14.0. The molecule has 0 aliphatic heterocycles. The van der Waals surface area contributed by atoms with Crippen LogP contribution in [-0.2, 0) is 33.6 Å². The average molecular weight is 524 g/mol. The van der Waals surface area contributed by atoms with Crippen LogP contribution in [0.4, 0.5) is 0 Å². The third-order valence-electron chi connectivity index (χ3n) is 4.12. The van der Waals surface area contributed by atoms with Crippen LogP contribution < -0.4 is 38.5 Å². The molecular weight excluding hydrogens is 494 g/mol. The van der Waals surface area contributed by atoms with E-state index in [0.717, 1.165) is 0 Å². The van der Waals surface area contributed by atoms with Gasteiger partial charge in [0.2, 0.25) is 35.4 Å². The van der Waals surface area contributed by atoms with E-state index in [-0.39, 0.29) is 24.3 Å². The van der Waals surface area contributed by atoms with Crippen LogP contribution in [-0.4, -0.2) is 88.7 Å². The van der Waals surface area contributed by atoms with E-state index in [0.29, 0.717) is 0 Å². The van der Waals surface area contributed by atoms with Crippen LogP contribution in [0.5, 0.6) is 0 Å². The van der Waals surface area contributed by atoms with Crippen molar-refractivity contribution >= 4 is 66.7 Å². The summed E-state index contributed by atoms with van der Waals surface area (Å²) in [7, 11) is 0. The van der Waals surface area contributed by atoms with Crippen LogP contribution in [0.2, 0.25) is 0 Å². The predicted molar refractivity (Wildman–Crippen MR) is 124 cm³/mol. The zero-order valence-corrected chi connectivity index (χ0v) is 19.8. The fraction of sp³-hybridized carbons (Fsp3) is 0.588. The van der Waals surface area contributed by atoms with Gasteiger partial charge in [0, 0.05) is 17.9 Å². The van der Waals surface area contributed by atoms with E-state index in [1.54, 1.807) is 0 Å². The maximum Gasteiger partial charge on any atom is 0.326 e. The number of aliphatic carboxylic acids is 1. The SMILES string of the molecule is NC(=O)CC[C@H](NC(=O)[C@H](CS)NC(=O)CNC(=O)[C@H](CS)NC(=O)[C@@H](N)CC(N)=O)C(=O)O. The minimum absolute atomic E-state index is 0.161. The maximum atomic E-state index is 12.3. The van der Waals surface area contributed by atoms with Gasteiger partial charge in [0.1, 0.15) is 18.1 Å². The Labute approximate surface area is 205 Å². The summed E-state index contributed by atoms with van der Waals surface area (Å²) < 4.78 is 0. The number of carboxylic acids is 1. The standard InChI is InChI=1S/C17H29N7O8S2/c18-7(3-12(20)26)14(28)24-9(5-33)15(29)21-4-13(27)22-10(6-34)16(30)23-8(17(31)32)1-2-11(19)25/h7-10,33-34H,1-6,18H2,(H2,19,25)(H2,20,26)(H,21,29)(H,22,27)(H,23,30)(H,24,28)(H,31,32)/t7-,8-,9-,10-/m0/s1. The number of carboxylic acid groups (broad SMARTS) is 1. The number of primary amides is 2. The Hall–Kier alpha value is -3.05. The Kier molecular flexibility index (Phi) is 14.3. The number of thiol groups is 2. The highest BCUT2D eigenvalue weighted by Crippen LogP contribution is 2.00. The molecule has 0 aromatic rings. The molecule has 17 heteroatoms. The molecule has 0 spiro atoms. The van der Waals surface area contributed by atoms with Gasteiger partial charge < -0.3 is 43.6 Å². The number of hydrogen-bond donors (Lipinski definition) is 10. The lowest BCUT2D eigenvalue weighted by molar-refractivity contribution is -0.142. The van der Waals surface area contributed by atoms with Gasteiger partial charge in [-0.25, -0.2) is 4.79 Å². The number of hydrogen-bond acceptors (Lipinski definition) is 10. The van der Waals surface area contributed by atoms with Crippen molar-refractivity contribution in [2.45, 2.75) is 43.4 Å². The van der Waals surface area contributed by atoms with Gasteiger partial charge in [-0.3, -0.25) is 28.8 Å². The largest absolute Gasteiger partial charge is 0.480 e. The second kappa shape index (κ2) is 15.7. The quantitative estimate of drug-likeness (QED) is 0.0866. The lowest BCUT2D eigenvalue weighted by Gasteiger charge is -2.21. The van der Waals surface area contributed by atoms with Crippen LogP contribution in [0.25, 0.3) is 0 Å². The first-order chi connectivity index (χ1) is 15.8. The van der Waals surface area contributed by atoms with Gasteiger partial charge in [-0.1, -0.05) is 0 Å². The molecule has 0 rings (SSSR count). The van der Waals surface area contributed by atoms with E-state index < -0.39 is 78.5 Å². The van der Waals surface area contributed by atoms with Gasteiger partial charge in [0.25, 0.3) is 0 Å². The number of rotatable bonds is 16. The topological polar surface area (TPSA) is 266 Å². The summed E-state index contributed by atoms with van der Waals surface area (Å²) in [5.74, 6) is -6.65. The number of amides is 6. The monoisotopic (exact) mass is 523 g/mol. The highest BCUT2D eigenvalue weighted by atomic mass is 32.1. The molecule has 0 fully saturated rings. The molecule has 15 nitrogen and oxygen atoms in total. The third kappa shape index (κ3) is 12.3. The molecule has 34 heavy (non-hydrogen) atoms. The molecule has 192 valence electrons. The van der Waals surface area contributed by atoms with Crippen molar-refractivity contribution in [3.05, 3.63) is 0 Å². The number of nitrogens with two attached hydrogens (primary N) is 3. The molecule has 0 heterocycles. The first kappa shape index (κ1) is 30.9. The van der Waals surface area contributed by atoms with Gasteiger partial charge in [-0.05, 0) is 6.42 Å². The van der Waals surface area contributed by atoms with Crippen LogP contribution >= 0.6 is 25.3 Å². The molecule has 4 atom stereocenters. The highest BCUT2D eigenvalue weighted by molar-refractivity contribution is 7.80. The average Bonchev–Trinajstić information content (AvgIpc) is 2.75. The van der Waals surface area contributed by atoms with Crippen molar-refractivity contribution in [1.29, 1.82) is 0 Å². The molecule has 0 radical (unpaired) electrons. The van der Waals surface area contributed by atoms with Gasteiger partial charge >= 0.3 is 5.97 Å². The molecule has 0 saturated carbocycles. The van der Waals surface area contributed by atoms with E-state index in [2.05, 4.69) is 46.5 Å². The summed E-state index contributed by atoms with van der Waals surface area (Å²) in [6, 6.07) is -5.13. The summed E-state index contributed by atoms with van der Waals surface area (Å²) in [4.78, 5) is 81.4. The molecule has 0 unspecified atom stereocenters. The van der Waals surface area contributed by atoms with Crippen LogP contribution in [0.3, 0.4) is 0 Å². The number of nitrogens with one attached hydrogen (secondary N) is 4. The molecular formula is C17H29N7O8S2. The molecule has 6 amide bonds. The zero-order chi connectivity index (χ0) is 26.4. The summed E-state index contributed by atoms with van der Waals surface area (Å²) in [6.07, 6.45) is -0.968. The Balaban J connectivity index is 4.81. The van der Waals surface area contributed by atoms with E-state index in [1.165, 1.54) is 0 Å². The van der Waals surface area contributed by atoms with Crippen molar-refractivity contribution in [3.63, 3.8) is 0 Å². The highest BCUT2D eigenvalue weighted by Gasteiger charge is 2.27. The van der Waals surface area contributed by atoms with Crippen molar-refractivity contribution in [3.8, 4) is 0 Å². The molecule has 0 saturated heterocycles. The lowest BCUT2D eigenvalue weighted by atomic mass is 10.1. The molecule has 11 N–H and O–H groups in total. The maximum absolute atomic E-state index is 12.3. The second-order valence-corrected chi connectivity index (χ2v) is 7.68. The van der Waals surface area contributed by atoms with Crippen molar-refractivity contribution in [1.82, 2.24) is 21.3 Å². The van der Waals surface area contributed by atoms with Gasteiger partial charge in [-0.15, -0.1) is 0 Å². The lowest BCUT2D eigenvalue weighted by Crippen LogP contribution is -2.56. The Bertz CT molecular complexity index is 798. The summed E-state index contributed by atoms with van der Waals surface area (Å²) in [5, 5.41) is 18.1. The fourth-order valence-corrected chi connectivity index (χ4v) is 2.84. The number of carbonyl (C=O) groups excluding carboxylic acids is 6. The summed E-state index contributed by atoms with van der Waals surface area (Å²) in [5.41, 5.74) is 15.4. The van der Waals surface area contributed by atoms with Gasteiger partial charge in [0.15, 0.2) is 0 Å². The molecule has 0 aliphatic carbocycles. The third-order valence-corrected chi connectivity index (χ3v) is 4.86. The summed E-state index contributed by atoms with van der Waals surface area (Å²) >= 11 is 7.88. The minimum Gasteiger partial charge on any atom is -0.480 e. The predicted octanol–water partition coefficient (Wildman–Crippen LogP) is -5.03. The molecule has 0 aromatic heterocycles. The minimum atomic E-state index is -1.42. The fourth-order valence-electron chi connectivity index (χ4n) is 2.33. The first-order valence-corrected chi connectivity index (χ1v) is 11.0. The van der Waals surface area contributed by atoms with Crippen molar-refractivity contribution < 1.29 is 38.7 Å². The number of carbonyl (C=O) groups is 7. The molecule has 0 aliphatic rings.